The summed E-state index contributed by atoms with van der Waals surface area (Å²) in [6.45, 7) is 2.50. The summed E-state index contributed by atoms with van der Waals surface area (Å²) < 4.78 is 5.37. The Bertz CT molecular complexity index is 171. The molecule has 1 aliphatic rings. The lowest BCUT2D eigenvalue weighted by Crippen LogP contribution is -2.24. The summed E-state index contributed by atoms with van der Waals surface area (Å²) >= 11 is 0. The number of allylic oxidation sites excluding steroid dienone is 1. The summed E-state index contributed by atoms with van der Waals surface area (Å²) in [7, 11) is 0. The van der Waals surface area contributed by atoms with Crippen LogP contribution in [-0.2, 0) is 4.74 Å². The van der Waals surface area contributed by atoms with E-state index < -0.39 is 6.10 Å². The van der Waals surface area contributed by atoms with Crippen molar-refractivity contribution in [3.05, 3.63) is 12.2 Å². The van der Waals surface area contributed by atoms with E-state index in [0.717, 1.165) is 25.9 Å². The summed E-state index contributed by atoms with van der Waals surface area (Å²) in [5, 5.41) is 18.6. The quantitative estimate of drug-likeness (QED) is 0.656. The van der Waals surface area contributed by atoms with Gasteiger partial charge in [0.1, 0.15) is 0 Å². The topological polar surface area (TPSA) is 49.7 Å². The molecule has 0 saturated carbocycles. The van der Waals surface area contributed by atoms with Gasteiger partial charge in [-0.2, -0.15) is 0 Å². The highest BCUT2D eigenvalue weighted by molar-refractivity contribution is 4.87. The lowest BCUT2D eigenvalue weighted by Gasteiger charge is -2.16. The minimum absolute atomic E-state index is 0.0370. The zero-order valence-corrected chi connectivity index (χ0v) is 8.72. The van der Waals surface area contributed by atoms with Gasteiger partial charge < -0.3 is 14.9 Å². The van der Waals surface area contributed by atoms with Crippen molar-refractivity contribution in [2.75, 3.05) is 6.61 Å². The van der Waals surface area contributed by atoms with E-state index in [-0.39, 0.29) is 12.2 Å². The second kappa shape index (κ2) is 6.17. The van der Waals surface area contributed by atoms with E-state index in [1.54, 1.807) is 13.0 Å². The van der Waals surface area contributed by atoms with E-state index >= 15 is 0 Å². The fourth-order valence-corrected chi connectivity index (χ4v) is 1.65. The van der Waals surface area contributed by atoms with Gasteiger partial charge in [0.2, 0.25) is 0 Å². The van der Waals surface area contributed by atoms with Gasteiger partial charge in [-0.25, -0.2) is 0 Å². The molecule has 82 valence electrons. The van der Waals surface area contributed by atoms with Crippen molar-refractivity contribution in [2.24, 2.45) is 0 Å². The highest BCUT2D eigenvalue weighted by Gasteiger charge is 2.22. The number of ether oxygens (including phenoxy) is 1. The van der Waals surface area contributed by atoms with Crippen molar-refractivity contribution in [3.63, 3.8) is 0 Å². The van der Waals surface area contributed by atoms with Crippen LogP contribution in [-0.4, -0.2) is 35.1 Å². The molecule has 0 aliphatic carbocycles. The molecule has 1 heterocycles. The average Bonchev–Trinajstić information content (AvgIpc) is 2.64. The second-order valence-electron chi connectivity index (χ2n) is 3.86. The third-order valence-electron chi connectivity index (χ3n) is 2.44. The Morgan fingerprint density at radius 3 is 2.86 bits per heavy atom. The van der Waals surface area contributed by atoms with Crippen LogP contribution in [0.15, 0.2) is 12.2 Å². The monoisotopic (exact) mass is 200 g/mol. The molecule has 1 aliphatic heterocycles. The Labute approximate surface area is 85.4 Å². The molecule has 0 bridgehead atoms. The number of hydrogen-bond acceptors (Lipinski definition) is 3. The number of hydrogen-bond donors (Lipinski definition) is 2. The molecule has 0 aromatic rings. The molecule has 0 aromatic carbocycles. The van der Waals surface area contributed by atoms with Gasteiger partial charge in [-0.15, -0.1) is 0 Å². The largest absolute Gasteiger partial charge is 0.390 e. The van der Waals surface area contributed by atoms with Gasteiger partial charge in [-0.05, 0) is 32.6 Å². The maximum Gasteiger partial charge on any atom is 0.0834 e. The van der Waals surface area contributed by atoms with Crippen LogP contribution < -0.4 is 0 Å². The number of rotatable bonds is 5. The summed E-state index contributed by atoms with van der Waals surface area (Å²) in [5.41, 5.74) is 0. The van der Waals surface area contributed by atoms with Gasteiger partial charge in [0, 0.05) is 6.61 Å². The predicted molar refractivity (Wildman–Crippen MR) is 55.0 cm³/mol. The van der Waals surface area contributed by atoms with E-state index in [0.29, 0.717) is 6.42 Å². The van der Waals surface area contributed by atoms with E-state index in [4.69, 9.17) is 9.84 Å². The first kappa shape index (κ1) is 11.7. The Morgan fingerprint density at radius 1 is 1.50 bits per heavy atom. The zero-order chi connectivity index (χ0) is 10.4. The third-order valence-corrected chi connectivity index (χ3v) is 2.44. The molecule has 3 atom stereocenters. The van der Waals surface area contributed by atoms with Crippen LogP contribution in [0.5, 0.6) is 0 Å². The van der Waals surface area contributed by atoms with Crippen molar-refractivity contribution < 1.29 is 14.9 Å². The van der Waals surface area contributed by atoms with Crippen LogP contribution in [0.1, 0.15) is 32.6 Å². The maximum absolute atomic E-state index is 9.69. The molecule has 1 rings (SSSR count). The zero-order valence-electron chi connectivity index (χ0n) is 8.72. The number of aliphatic hydroxyl groups excluding tert-OH is 2. The molecule has 0 spiro atoms. The summed E-state index contributed by atoms with van der Waals surface area (Å²) in [5.74, 6) is 0. The van der Waals surface area contributed by atoms with Crippen molar-refractivity contribution in [1.29, 1.82) is 0 Å². The Hall–Kier alpha value is -0.380. The molecule has 0 unspecified atom stereocenters. The van der Waals surface area contributed by atoms with Gasteiger partial charge in [0.05, 0.1) is 18.3 Å². The van der Waals surface area contributed by atoms with E-state index in [9.17, 15) is 5.11 Å². The SMILES string of the molecule is C[C@@H](O)/C=C/CC[C@H](O)[C@H]1CCCO1. The first-order valence-electron chi connectivity index (χ1n) is 5.34. The molecule has 2 N–H and O–H groups in total. The van der Waals surface area contributed by atoms with E-state index in [1.807, 2.05) is 6.08 Å². The first-order chi connectivity index (χ1) is 6.70. The highest BCUT2D eigenvalue weighted by Crippen LogP contribution is 2.18. The predicted octanol–water partition coefficient (Wildman–Crippen LogP) is 1.24. The van der Waals surface area contributed by atoms with Crippen LogP contribution in [0.25, 0.3) is 0 Å². The molecule has 3 heteroatoms. The Morgan fingerprint density at radius 2 is 2.29 bits per heavy atom. The van der Waals surface area contributed by atoms with Crippen LogP contribution in [0, 0.1) is 0 Å². The van der Waals surface area contributed by atoms with Crippen molar-refractivity contribution in [1.82, 2.24) is 0 Å². The Kier molecular flexibility index (Phi) is 5.15. The molecule has 1 fully saturated rings. The molecule has 1 saturated heterocycles. The van der Waals surface area contributed by atoms with Gasteiger partial charge in [0.25, 0.3) is 0 Å². The normalized spacial score (nSPS) is 26.9. The van der Waals surface area contributed by atoms with E-state index in [1.165, 1.54) is 0 Å². The van der Waals surface area contributed by atoms with Gasteiger partial charge >= 0.3 is 0 Å². The lowest BCUT2D eigenvalue weighted by molar-refractivity contribution is -0.00471. The first-order valence-corrected chi connectivity index (χ1v) is 5.34. The summed E-state index contributed by atoms with van der Waals surface area (Å²) in [6, 6.07) is 0. The third kappa shape index (κ3) is 4.22. The van der Waals surface area contributed by atoms with Crippen LogP contribution in [0.4, 0.5) is 0 Å². The fourth-order valence-electron chi connectivity index (χ4n) is 1.65. The lowest BCUT2D eigenvalue weighted by atomic mass is 10.1. The van der Waals surface area contributed by atoms with Crippen molar-refractivity contribution in [2.45, 2.75) is 50.9 Å². The van der Waals surface area contributed by atoms with Crippen LogP contribution >= 0.6 is 0 Å². The van der Waals surface area contributed by atoms with Gasteiger partial charge in [-0.3, -0.25) is 0 Å². The molecule has 0 radical (unpaired) electrons. The van der Waals surface area contributed by atoms with Crippen LogP contribution in [0.2, 0.25) is 0 Å². The minimum Gasteiger partial charge on any atom is -0.390 e. The second-order valence-corrected chi connectivity index (χ2v) is 3.86. The molecular formula is C11H20O3. The Balaban J connectivity index is 2.11. The molecule has 0 aromatic heterocycles. The minimum atomic E-state index is -0.394. The maximum atomic E-state index is 9.69. The molecule has 3 nitrogen and oxygen atoms in total. The van der Waals surface area contributed by atoms with Crippen molar-refractivity contribution in [3.8, 4) is 0 Å². The number of aliphatic hydroxyl groups is 2. The smallest absolute Gasteiger partial charge is 0.0834 e. The highest BCUT2D eigenvalue weighted by atomic mass is 16.5. The average molecular weight is 200 g/mol. The van der Waals surface area contributed by atoms with Gasteiger partial charge in [0.15, 0.2) is 0 Å². The van der Waals surface area contributed by atoms with Gasteiger partial charge in [-0.1, -0.05) is 12.2 Å². The summed E-state index contributed by atoms with van der Waals surface area (Å²) in [4.78, 5) is 0. The summed E-state index contributed by atoms with van der Waals surface area (Å²) in [6.07, 6.45) is 6.48. The molecule has 0 amide bonds. The molecule has 14 heavy (non-hydrogen) atoms. The fraction of sp³-hybridized carbons (Fsp3) is 0.818. The molecular weight excluding hydrogens is 180 g/mol. The van der Waals surface area contributed by atoms with Crippen molar-refractivity contribution >= 4 is 0 Å². The van der Waals surface area contributed by atoms with E-state index in [2.05, 4.69) is 0 Å². The standard InChI is InChI=1S/C11H20O3/c1-9(12)5-2-3-6-10(13)11-7-4-8-14-11/h2,5,9-13H,3-4,6-8H2,1H3/b5-2+/t9-,10+,11-/m1/s1. The van der Waals surface area contributed by atoms with Crippen LogP contribution in [0.3, 0.4) is 0 Å².